The second-order valence-corrected chi connectivity index (χ2v) is 8.83. The van der Waals surface area contributed by atoms with Crippen LogP contribution in [0.25, 0.3) is 0 Å². The second kappa shape index (κ2) is 13.7. The van der Waals surface area contributed by atoms with Crippen molar-refractivity contribution in [1.82, 2.24) is 20.9 Å². The highest BCUT2D eigenvalue weighted by atomic mass is 19.1. The summed E-state index contributed by atoms with van der Waals surface area (Å²) >= 11 is 0. The van der Waals surface area contributed by atoms with Crippen LogP contribution in [0.1, 0.15) is 49.3 Å². The maximum absolute atomic E-state index is 14.2. The first kappa shape index (κ1) is 26.6. The van der Waals surface area contributed by atoms with E-state index in [0.29, 0.717) is 37.4 Å². The average Bonchev–Trinajstić information content (AvgIpc) is 2.83. The Kier molecular flexibility index (Phi) is 10.4. The molecule has 0 saturated heterocycles. The monoisotopic (exact) mass is 486 g/mol. The molecule has 9 heteroatoms. The standard InChI is InChI=1S/C26H35FN4O4/c1-2-18-9-20(15-28-14-18)16-29-17-24(32)23-12-19-10-21(27)13-22(11-19)35-8-4-3-7-30-25(33)5-6-26(34)31-23/h9-11,13-15,23-24,29,32H,2-8,12,16-17H2,1H3,(H,30,33)(H,31,34)/t23-,24+/m0/s1. The van der Waals surface area contributed by atoms with Gasteiger partial charge in [-0.3, -0.25) is 14.6 Å². The number of aryl methyl sites for hydroxylation is 1. The number of nitrogens with zero attached hydrogens (tertiary/aromatic N) is 1. The van der Waals surface area contributed by atoms with Crippen LogP contribution in [0.4, 0.5) is 4.39 Å². The average molecular weight is 487 g/mol. The van der Waals surface area contributed by atoms with Gasteiger partial charge < -0.3 is 25.8 Å². The summed E-state index contributed by atoms with van der Waals surface area (Å²) in [4.78, 5) is 28.8. The third-order valence-electron chi connectivity index (χ3n) is 5.88. The number of benzene rings is 1. The van der Waals surface area contributed by atoms with E-state index in [-0.39, 0.29) is 37.6 Å². The Morgan fingerprint density at radius 2 is 1.94 bits per heavy atom. The molecular weight excluding hydrogens is 451 g/mol. The highest BCUT2D eigenvalue weighted by Gasteiger charge is 2.23. The Morgan fingerprint density at radius 1 is 1.14 bits per heavy atom. The maximum atomic E-state index is 14.2. The van der Waals surface area contributed by atoms with Crippen LogP contribution in [0.15, 0.2) is 36.7 Å². The van der Waals surface area contributed by atoms with Crippen LogP contribution in [0.5, 0.6) is 5.75 Å². The van der Waals surface area contributed by atoms with Crippen LogP contribution in [0.3, 0.4) is 0 Å². The van der Waals surface area contributed by atoms with E-state index in [1.807, 2.05) is 6.20 Å². The Bertz CT molecular complexity index is 988. The number of ether oxygens (including phenoxy) is 1. The molecule has 0 aliphatic carbocycles. The van der Waals surface area contributed by atoms with Gasteiger partial charge in [-0.25, -0.2) is 4.39 Å². The van der Waals surface area contributed by atoms with Crippen molar-refractivity contribution >= 4 is 11.8 Å². The smallest absolute Gasteiger partial charge is 0.220 e. The number of hydrogen-bond acceptors (Lipinski definition) is 6. The highest BCUT2D eigenvalue weighted by Crippen LogP contribution is 2.19. The minimum absolute atomic E-state index is 0.00940. The summed E-state index contributed by atoms with van der Waals surface area (Å²) in [5.41, 5.74) is 2.73. The summed E-state index contributed by atoms with van der Waals surface area (Å²) in [7, 11) is 0. The van der Waals surface area contributed by atoms with Crippen LogP contribution in [0.2, 0.25) is 0 Å². The van der Waals surface area contributed by atoms with E-state index >= 15 is 0 Å². The van der Waals surface area contributed by atoms with Crippen molar-refractivity contribution in [2.24, 2.45) is 0 Å². The topological polar surface area (TPSA) is 113 Å². The molecule has 1 aromatic heterocycles. The fourth-order valence-electron chi connectivity index (χ4n) is 3.94. The summed E-state index contributed by atoms with van der Waals surface area (Å²) in [6.45, 7) is 3.67. The molecule has 0 unspecified atom stereocenters. The number of pyridine rings is 1. The van der Waals surface area contributed by atoms with Gasteiger partial charge in [0.05, 0.1) is 18.8 Å². The lowest BCUT2D eigenvalue weighted by Crippen LogP contribution is -2.48. The zero-order valence-electron chi connectivity index (χ0n) is 20.2. The van der Waals surface area contributed by atoms with Crippen molar-refractivity contribution in [2.75, 3.05) is 19.7 Å². The van der Waals surface area contributed by atoms with Crippen molar-refractivity contribution in [1.29, 1.82) is 0 Å². The van der Waals surface area contributed by atoms with E-state index in [0.717, 1.165) is 24.0 Å². The molecule has 4 N–H and O–H groups in total. The van der Waals surface area contributed by atoms with E-state index in [1.165, 1.54) is 12.1 Å². The molecule has 2 atom stereocenters. The van der Waals surface area contributed by atoms with Gasteiger partial charge in [0.25, 0.3) is 0 Å². The number of nitrogens with one attached hydrogen (secondary N) is 3. The van der Waals surface area contributed by atoms with E-state index in [1.54, 1.807) is 12.3 Å². The fourth-order valence-corrected chi connectivity index (χ4v) is 3.94. The highest BCUT2D eigenvalue weighted by molar-refractivity contribution is 5.83. The van der Waals surface area contributed by atoms with Crippen LogP contribution in [-0.2, 0) is 29.0 Å². The summed E-state index contributed by atoms with van der Waals surface area (Å²) < 4.78 is 19.9. The number of rotatable bonds is 6. The number of amides is 2. The van der Waals surface area contributed by atoms with Crippen LogP contribution < -0.4 is 20.7 Å². The molecule has 3 rings (SSSR count). The van der Waals surface area contributed by atoms with Crippen molar-refractivity contribution in [3.63, 3.8) is 0 Å². The number of hydrogen-bond donors (Lipinski definition) is 4. The number of aromatic nitrogens is 1. The molecule has 190 valence electrons. The second-order valence-electron chi connectivity index (χ2n) is 8.83. The first-order valence-corrected chi connectivity index (χ1v) is 12.2. The van der Waals surface area contributed by atoms with Gasteiger partial charge in [-0.1, -0.05) is 13.0 Å². The van der Waals surface area contributed by atoms with Crippen molar-refractivity contribution in [2.45, 2.75) is 64.1 Å². The van der Waals surface area contributed by atoms with Crippen LogP contribution in [0, 0.1) is 5.82 Å². The lowest BCUT2D eigenvalue weighted by molar-refractivity contribution is -0.127. The molecule has 1 aliphatic rings. The lowest BCUT2D eigenvalue weighted by atomic mass is 10.00. The number of carbonyl (C=O) groups excluding carboxylic acids is 2. The summed E-state index contributed by atoms with van der Waals surface area (Å²) in [6, 6.07) is 5.81. The normalized spacial score (nSPS) is 18.8. The molecule has 2 aromatic rings. The quantitative estimate of drug-likeness (QED) is 0.497. The van der Waals surface area contributed by atoms with Gasteiger partial charge >= 0.3 is 0 Å². The first-order chi connectivity index (χ1) is 16.9. The maximum Gasteiger partial charge on any atom is 0.220 e. The van der Waals surface area contributed by atoms with E-state index < -0.39 is 18.0 Å². The summed E-state index contributed by atoms with van der Waals surface area (Å²) in [6.07, 6.45) is 5.24. The number of fused-ring (bicyclic) bond motifs is 2. The first-order valence-electron chi connectivity index (χ1n) is 12.2. The van der Waals surface area contributed by atoms with Gasteiger partial charge in [-0.2, -0.15) is 0 Å². The van der Waals surface area contributed by atoms with Crippen LogP contribution in [-0.4, -0.2) is 53.7 Å². The number of halogens is 1. The minimum Gasteiger partial charge on any atom is -0.493 e. The summed E-state index contributed by atoms with van der Waals surface area (Å²) in [5.74, 6) is -0.574. The largest absolute Gasteiger partial charge is 0.493 e. The Morgan fingerprint density at radius 3 is 2.77 bits per heavy atom. The molecule has 0 spiro atoms. The predicted octanol–water partition coefficient (Wildman–Crippen LogP) is 2.03. The van der Waals surface area contributed by atoms with E-state index in [4.69, 9.17) is 4.74 Å². The van der Waals surface area contributed by atoms with Gasteiger partial charge in [0.15, 0.2) is 0 Å². The molecule has 8 nitrogen and oxygen atoms in total. The van der Waals surface area contributed by atoms with Gasteiger partial charge in [-0.15, -0.1) is 0 Å². The molecule has 2 bridgehead atoms. The molecule has 1 aromatic carbocycles. The number of aliphatic hydroxyl groups is 1. The lowest BCUT2D eigenvalue weighted by Gasteiger charge is -2.25. The van der Waals surface area contributed by atoms with Gasteiger partial charge in [0.2, 0.25) is 11.8 Å². The molecule has 0 radical (unpaired) electrons. The molecule has 0 fully saturated rings. The molecule has 2 amide bonds. The van der Waals surface area contributed by atoms with Gasteiger partial charge in [0, 0.05) is 50.9 Å². The Balaban J connectivity index is 1.70. The predicted molar refractivity (Wildman–Crippen MR) is 130 cm³/mol. The SMILES string of the molecule is CCc1cncc(CNC[C@@H](O)[C@@H]2Cc3cc(F)cc(c3)OCCCCNC(=O)CCC(=O)N2)c1. The Hall–Kier alpha value is -3.04. The number of carbonyl (C=O) groups is 2. The van der Waals surface area contributed by atoms with Crippen molar-refractivity contribution < 1.29 is 23.8 Å². The third-order valence-corrected chi connectivity index (χ3v) is 5.88. The zero-order chi connectivity index (χ0) is 25.0. The molecule has 0 saturated carbocycles. The molecule has 1 aliphatic heterocycles. The Labute approximate surface area is 205 Å². The fraction of sp³-hybridized carbons (Fsp3) is 0.500. The summed E-state index contributed by atoms with van der Waals surface area (Å²) in [5, 5.41) is 19.7. The molecule has 2 heterocycles. The van der Waals surface area contributed by atoms with Crippen molar-refractivity contribution in [3.05, 3.63) is 59.2 Å². The number of aliphatic hydroxyl groups excluding tert-OH is 1. The van der Waals surface area contributed by atoms with Crippen LogP contribution >= 0.6 is 0 Å². The molecular formula is C26H35FN4O4. The van der Waals surface area contributed by atoms with Gasteiger partial charge in [0.1, 0.15) is 11.6 Å². The molecule has 35 heavy (non-hydrogen) atoms. The van der Waals surface area contributed by atoms with Crippen molar-refractivity contribution in [3.8, 4) is 5.75 Å². The van der Waals surface area contributed by atoms with E-state index in [9.17, 15) is 19.1 Å². The van der Waals surface area contributed by atoms with E-state index in [2.05, 4.69) is 33.9 Å². The zero-order valence-corrected chi connectivity index (χ0v) is 20.2. The van der Waals surface area contributed by atoms with Gasteiger partial charge in [-0.05, 0) is 54.5 Å². The minimum atomic E-state index is -0.943. The third kappa shape index (κ3) is 9.26.